The SMILES string of the molecule is Cc1cc(C)cc(C(C)Nc2ccc(C#N)cc2F)c1. The summed E-state index contributed by atoms with van der Waals surface area (Å²) in [5.74, 6) is -0.403. The summed E-state index contributed by atoms with van der Waals surface area (Å²) in [7, 11) is 0. The number of hydrogen-bond acceptors (Lipinski definition) is 2. The number of halogens is 1. The van der Waals surface area contributed by atoms with Crippen molar-refractivity contribution in [2.45, 2.75) is 26.8 Å². The third-order valence-electron chi connectivity index (χ3n) is 3.21. The van der Waals surface area contributed by atoms with Crippen molar-refractivity contribution in [3.05, 3.63) is 64.5 Å². The third kappa shape index (κ3) is 3.16. The predicted octanol–water partition coefficient (Wildman–Crippen LogP) is 4.49. The molecule has 1 unspecified atom stereocenters. The summed E-state index contributed by atoms with van der Waals surface area (Å²) >= 11 is 0. The highest BCUT2D eigenvalue weighted by Crippen LogP contribution is 2.23. The van der Waals surface area contributed by atoms with Crippen molar-refractivity contribution in [3.8, 4) is 6.07 Å². The first-order valence-electron chi connectivity index (χ1n) is 6.54. The van der Waals surface area contributed by atoms with Gasteiger partial charge in [-0.1, -0.05) is 29.3 Å². The molecule has 1 N–H and O–H groups in total. The second-order valence-corrected chi connectivity index (χ2v) is 5.09. The van der Waals surface area contributed by atoms with Crippen molar-refractivity contribution in [2.75, 3.05) is 5.32 Å². The quantitative estimate of drug-likeness (QED) is 0.890. The first-order chi connectivity index (χ1) is 9.49. The monoisotopic (exact) mass is 268 g/mol. The van der Waals surface area contributed by atoms with Crippen LogP contribution in [0.2, 0.25) is 0 Å². The maximum absolute atomic E-state index is 13.9. The van der Waals surface area contributed by atoms with E-state index in [4.69, 9.17) is 5.26 Å². The van der Waals surface area contributed by atoms with E-state index < -0.39 is 5.82 Å². The molecule has 0 saturated carbocycles. The first-order valence-corrected chi connectivity index (χ1v) is 6.54. The zero-order valence-electron chi connectivity index (χ0n) is 11.9. The fraction of sp³-hybridized carbons (Fsp3) is 0.235. The van der Waals surface area contributed by atoms with Crippen molar-refractivity contribution in [1.82, 2.24) is 0 Å². The van der Waals surface area contributed by atoms with Crippen LogP contribution < -0.4 is 5.32 Å². The van der Waals surface area contributed by atoms with Crippen LogP contribution in [0.3, 0.4) is 0 Å². The fourth-order valence-electron chi connectivity index (χ4n) is 2.28. The Hall–Kier alpha value is -2.34. The number of anilines is 1. The van der Waals surface area contributed by atoms with E-state index in [1.807, 2.05) is 26.8 Å². The molecule has 0 aliphatic rings. The lowest BCUT2D eigenvalue weighted by Gasteiger charge is -2.17. The minimum Gasteiger partial charge on any atom is -0.376 e. The lowest BCUT2D eigenvalue weighted by Crippen LogP contribution is -2.08. The molecule has 0 bridgehead atoms. The molecule has 0 aliphatic heterocycles. The van der Waals surface area contributed by atoms with Gasteiger partial charge in [0.05, 0.1) is 17.3 Å². The van der Waals surface area contributed by atoms with Crippen LogP contribution in [0.5, 0.6) is 0 Å². The summed E-state index contributed by atoms with van der Waals surface area (Å²) in [5, 5.41) is 11.9. The van der Waals surface area contributed by atoms with E-state index in [1.54, 1.807) is 12.1 Å². The van der Waals surface area contributed by atoms with Crippen LogP contribution in [0.25, 0.3) is 0 Å². The van der Waals surface area contributed by atoms with Crippen LogP contribution in [0.4, 0.5) is 10.1 Å². The third-order valence-corrected chi connectivity index (χ3v) is 3.21. The van der Waals surface area contributed by atoms with E-state index in [0.29, 0.717) is 11.3 Å². The molecule has 1 atom stereocenters. The highest BCUT2D eigenvalue weighted by molar-refractivity contribution is 5.50. The van der Waals surface area contributed by atoms with Crippen molar-refractivity contribution < 1.29 is 4.39 Å². The van der Waals surface area contributed by atoms with Gasteiger partial charge in [-0.05, 0) is 44.5 Å². The van der Waals surface area contributed by atoms with Gasteiger partial charge in [0.2, 0.25) is 0 Å². The number of nitrogens with one attached hydrogen (secondary N) is 1. The van der Waals surface area contributed by atoms with E-state index in [-0.39, 0.29) is 6.04 Å². The zero-order valence-corrected chi connectivity index (χ0v) is 11.9. The van der Waals surface area contributed by atoms with Gasteiger partial charge in [0, 0.05) is 6.04 Å². The van der Waals surface area contributed by atoms with Crippen LogP contribution >= 0.6 is 0 Å². The average molecular weight is 268 g/mol. The Kier molecular flexibility index (Phi) is 4.05. The van der Waals surface area contributed by atoms with E-state index in [0.717, 1.165) is 5.56 Å². The molecule has 0 amide bonds. The Labute approximate surface area is 118 Å². The van der Waals surface area contributed by atoms with E-state index >= 15 is 0 Å². The molecule has 0 aromatic heterocycles. The molecule has 0 fully saturated rings. The standard InChI is InChI=1S/C17H17FN2/c1-11-6-12(2)8-15(7-11)13(3)20-17-5-4-14(10-19)9-16(17)18/h4-9,13,20H,1-3H3. The molecular weight excluding hydrogens is 251 g/mol. The summed E-state index contributed by atoms with van der Waals surface area (Å²) < 4.78 is 13.9. The lowest BCUT2D eigenvalue weighted by molar-refractivity contribution is 0.627. The second-order valence-electron chi connectivity index (χ2n) is 5.09. The highest BCUT2D eigenvalue weighted by atomic mass is 19.1. The molecule has 102 valence electrons. The maximum atomic E-state index is 13.9. The molecule has 3 heteroatoms. The second kappa shape index (κ2) is 5.75. The minimum atomic E-state index is -0.403. The molecule has 0 radical (unpaired) electrons. The van der Waals surface area contributed by atoms with Crippen LogP contribution in [-0.2, 0) is 0 Å². The predicted molar refractivity (Wildman–Crippen MR) is 79.1 cm³/mol. The molecule has 0 heterocycles. The number of rotatable bonds is 3. The van der Waals surface area contributed by atoms with Gasteiger partial charge in [-0.2, -0.15) is 5.26 Å². The summed E-state index contributed by atoms with van der Waals surface area (Å²) in [6.45, 7) is 6.09. The number of benzene rings is 2. The molecule has 0 spiro atoms. The van der Waals surface area contributed by atoms with Gasteiger partial charge in [-0.15, -0.1) is 0 Å². The molecule has 2 rings (SSSR count). The molecular formula is C17H17FN2. The maximum Gasteiger partial charge on any atom is 0.147 e. The number of nitriles is 1. The largest absolute Gasteiger partial charge is 0.376 e. The summed E-state index contributed by atoms with van der Waals surface area (Å²) in [6, 6.07) is 12.7. The van der Waals surface area contributed by atoms with Crippen molar-refractivity contribution in [2.24, 2.45) is 0 Å². The zero-order chi connectivity index (χ0) is 14.7. The van der Waals surface area contributed by atoms with Gasteiger partial charge in [0.15, 0.2) is 0 Å². The molecule has 0 saturated heterocycles. The van der Waals surface area contributed by atoms with E-state index in [2.05, 4.69) is 23.5 Å². The van der Waals surface area contributed by atoms with Crippen LogP contribution in [0.1, 0.15) is 35.2 Å². The number of nitrogens with zero attached hydrogens (tertiary/aromatic N) is 1. The van der Waals surface area contributed by atoms with E-state index in [1.165, 1.54) is 17.2 Å². The van der Waals surface area contributed by atoms with Crippen molar-refractivity contribution in [1.29, 1.82) is 5.26 Å². The topological polar surface area (TPSA) is 35.8 Å². The minimum absolute atomic E-state index is 0.00367. The Bertz CT molecular complexity index is 651. The summed E-state index contributed by atoms with van der Waals surface area (Å²) in [6.07, 6.45) is 0. The van der Waals surface area contributed by atoms with Crippen LogP contribution in [-0.4, -0.2) is 0 Å². The van der Waals surface area contributed by atoms with Gasteiger partial charge in [0.1, 0.15) is 5.82 Å². The molecule has 0 aliphatic carbocycles. The van der Waals surface area contributed by atoms with Gasteiger partial charge >= 0.3 is 0 Å². The van der Waals surface area contributed by atoms with Crippen LogP contribution in [0, 0.1) is 31.0 Å². The summed E-state index contributed by atoms with van der Waals surface area (Å²) in [5.41, 5.74) is 4.23. The molecule has 20 heavy (non-hydrogen) atoms. The van der Waals surface area contributed by atoms with Gasteiger partial charge in [-0.25, -0.2) is 4.39 Å². The number of hydrogen-bond donors (Lipinski definition) is 1. The molecule has 2 aromatic carbocycles. The summed E-state index contributed by atoms with van der Waals surface area (Å²) in [4.78, 5) is 0. The average Bonchev–Trinajstić information content (AvgIpc) is 2.39. The fourth-order valence-corrected chi connectivity index (χ4v) is 2.28. The van der Waals surface area contributed by atoms with Gasteiger partial charge in [-0.3, -0.25) is 0 Å². The Morgan fingerprint density at radius 2 is 1.75 bits per heavy atom. The molecule has 2 aromatic rings. The Balaban J connectivity index is 2.23. The van der Waals surface area contributed by atoms with Gasteiger partial charge < -0.3 is 5.32 Å². The normalized spacial score (nSPS) is 11.8. The lowest BCUT2D eigenvalue weighted by atomic mass is 10.0. The Morgan fingerprint density at radius 3 is 2.30 bits per heavy atom. The molecule has 2 nitrogen and oxygen atoms in total. The van der Waals surface area contributed by atoms with E-state index in [9.17, 15) is 4.39 Å². The van der Waals surface area contributed by atoms with Gasteiger partial charge in [0.25, 0.3) is 0 Å². The number of aryl methyl sites for hydroxylation is 2. The van der Waals surface area contributed by atoms with Crippen LogP contribution in [0.15, 0.2) is 36.4 Å². The van der Waals surface area contributed by atoms with Crippen molar-refractivity contribution in [3.63, 3.8) is 0 Å². The smallest absolute Gasteiger partial charge is 0.147 e. The Morgan fingerprint density at radius 1 is 1.10 bits per heavy atom. The van der Waals surface area contributed by atoms with Crippen molar-refractivity contribution >= 4 is 5.69 Å². The first kappa shape index (κ1) is 14.1. The highest BCUT2D eigenvalue weighted by Gasteiger charge is 2.10.